The first-order valence-electron chi connectivity index (χ1n) is 6.00. The minimum absolute atomic E-state index is 0.261. The van der Waals surface area contributed by atoms with Crippen LogP contribution in [0.25, 0.3) is 0 Å². The van der Waals surface area contributed by atoms with Crippen LogP contribution in [0.2, 0.25) is 0 Å². The Kier molecular flexibility index (Phi) is 4.78. The molecule has 9 heteroatoms. The Morgan fingerprint density at radius 2 is 2.05 bits per heavy atom. The molecule has 0 amide bonds. The van der Waals surface area contributed by atoms with Crippen molar-refractivity contribution in [1.82, 2.24) is 4.67 Å². The Morgan fingerprint density at radius 1 is 1.45 bits per heavy atom. The van der Waals surface area contributed by atoms with E-state index in [0.717, 1.165) is 5.71 Å². The minimum atomic E-state index is -3.39. The molecule has 0 aromatic rings. The Balaban J connectivity index is 3.01. The fraction of sp³-hybridized carbons (Fsp3) is 0.636. The second-order valence-corrected chi connectivity index (χ2v) is 8.25. The molecule has 0 spiro atoms. The van der Waals surface area contributed by atoms with Crippen molar-refractivity contribution in [3.05, 3.63) is 0 Å². The average Bonchev–Trinajstić information content (AvgIpc) is 2.62. The molecule has 1 heterocycles. The van der Waals surface area contributed by atoms with Gasteiger partial charge in [-0.25, -0.2) is 4.67 Å². The van der Waals surface area contributed by atoms with Crippen molar-refractivity contribution in [1.29, 1.82) is 5.26 Å². The van der Waals surface area contributed by atoms with Gasteiger partial charge in [0.2, 0.25) is 0 Å². The second kappa shape index (κ2) is 5.81. The molecule has 1 rings (SSSR count). The van der Waals surface area contributed by atoms with E-state index in [1.807, 2.05) is 13.8 Å². The summed E-state index contributed by atoms with van der Waals surface area (Å²) in [4.78, 5) is 0. The van der Waals surface area contributed by atoms with Crippen molar-refractivity contribution in [2.24, 2.45) is 15.3 Å². The van der Waals surface area contributed by atoms with E-state index in [-0.39, 0.29) is 5.90 Å². The molecule has 7 nitrogen and oxygen atoms in total. The summed E-state index contributed by atoms with van der Waals surface area (Å²) in [6.45, 7) is 10.3. The highest BCUT2D eigenvalue weighted by molar-refractivity contribution is 7.12. The maximum atomic E-state index is 9.22. The number of nitrogens with zero attached hydrogens (tertiary/aromatic N) is 5. The van der Waals surface area contributed by atoms with E-state index in [4.69, 9.17) is 19.9 Å². The van der Waals surface area contributed by atoms with Crippen LogP contribution >= 0.6 is 11.1 Å². The van der Waals surface area contributed by atoms with Crippen molar-refractivity contribution < 1.29 is 8.85 Å². The fourth-order valence-corrected chi connectivity index (χ4v) is 4.81. The number of nitriles is 1. The molecule has 0 saturated carbocycles. The van der Waals surface area contributed by atoms with Crippen molar-refractivity contribution in [3.63, 3.8) is 0 Å². The molecule has 110 valence electrons. The summed E-state index contributed by atoms with van der Waals surface area (Å²) >= 11 is 6.43. The number of hydrogen-bond donors (Lipinski definition) is 0. The van der Waals surface area contributed by atoms with E-state index in [9.17, 15) is 5.26 Å². The Hall–Kier alpha value is -1.59. The Morgan fingerprint density at radius 3 is 2.55 bits per heavy atom. The Labute approximate surface area is 124 Å². The van der Waals surface area contributed by atoms with Crippen molar-refractivity contribution >= 4 is 36.6 Å². The van der Waals surface area contributed by atoms with Crippen LogP contribution in [0.15, 0.2) is 15.3 Å². The summed E-state index contributed by atoms with van der Waals surface area (Å²) in [6.07, 6.45) is 0. The van der Waals surface area contributed by atoms with Gasteiger partial charge in [-0.1, -0.05) is 0 Å². The molecule has 1 aliphatic heterocycles. The van der Waals surface area contributed by atoms with Gasteiger partial charge in [-0.15, -0.1) is 10.2 Å². The molecule has 20 heavy (non-hydrogen) atoms. The minimum Gasteiger partial charge on any atom is -0.472 e. The normalized spacial score (nSPS) is 22.8. The maximum absolute atomic E-state index is 9.22. The van der Waals surface area contributed by atoms with E-state index >= 15 is 0 Å². The first-order chi connectivity index (χ1) is 9.10. The fourth-order valence-electron chi connectivity index (χ4n) is 1.39. The number of hydrazone groups is 1. The molecule has 0 bridgehead atoms. The summed E-state index contributed by atoms with van der Waals surface area (Å²) in [5.74, 6) is 0.620. The van der Waals surface area contributed by atoms with Crippen LogP contribution in [-0.2, 0) is 8.85 Å². The highest BCUT2D eigenvalue weighted by Gasteiger charge is 2.60. The molecule has 0 aliphatic carbocycles. The summed E-state index contributed by atoms with van der Waals surface area (Å²) < 4.78 is 12.5. The lowest BCUT2D eigenvalue weighted by atomic mass is 10.1. The van der Waals surface area contributed by atoms with Crippen LogP contribution in [0.3, 0.4) is 0 Å². The maximum Gasteiger partial charge on any atom is 0.722 e. The van der Waals surface area contributed by atoms with Crippen LogP contribution in [0, 0.1) is 11.3 Å². The van der Waals surface area contributed by atoms with Crippen molar-refractivity contribution in [3.8, 4) is 6.07 Å². The van der Waals surface area contributed by atoms with Gasteiger partial charge in [0.15, 0.2) is 11.8 Å². The van der Waals surface area contributed by atoms with Crippen molar-refractivity contribution in [2.45, 2.75) is 47.1 Å². The third-order valence-corrected chi connectivity index (χ3v) is 5.44. The van der Waals surface area contributed by atoms with Crippen LogP contribution in [0.1, 0.15) is 41.5 Å². The zero-order chi connectivity index (χ0) is 15.6. The van der Waals surface area contributed by atoms with Gasteiger partial charge in [-0.3, -0.25) is 0 Å². The highest BCUT2D eigenvalue weighted by atomic mass is 35.6. The molecule has 0 fully saturated rings. The molecule has 0 aromatic carbocycles. The molecular formula is C11H18ClN5O2Si. The van der Waals surface area contributed by atoms with Gasteiger partial charge in [-0.05, 0) is 38.8 Å². The number of rotatable bonds is 3. The van der Waals surface area contributed by atoms with Gasteiger partial charge in [-0.2, -0.15) is 10.4 Å². The zero-order valence-electron chi connectivity index (χ0n) is 12.4. The second-order valence-electron chi connectivity index (χ2n) is 4.98. The summed E-state index contributed by atoms with van der Waals surface area (Å²) in [7, 11) is -3.39. The lowest BCUT2D eigenvalue weighted by Crippen LogP contribution is -2.57. The molecule has 1 atom stereocenters. The molecular weight excluding hydrogens is 298 g/mol. The third kappa shape index (κ3) is 3.71. The Bertz CT molecular complexity index is 521. The zero-order valence-corrected chi connectivity index (χ0v) is 14.2. The first-order valence-corrected chi connectivity index (χ1v) is 8.77. The highest BCUT2D eigenvalue weighted by Crippen LogP contribution is 2.32. The van der Waals surface area contributed by atoms with Gasteiger partial charge < -0.3 is 8.85 Å². The lowest BCUT2D eigenvalue weighted by molar-refractivity contribution is 0.231. The van der Waals surface area contributed by atoms with Gasteiger partial charge in [0.1, 0.15) is 5.54 Å². The quantitative estimate of drug-likeness (QED) is 0.263. The number of hydrogen-bond acceptors (Lipinski definition) is 7. The van der Waals surface area contributed by atoms with Crippen LogP contribution < -0.4 is 0 Å². The smallest absolute Gasteiger partial charge is 0.472 e. The monoisotopic (exact) mass is 315 g/mol. The summed E-state index contributed by atoms with van der Waals surface area (Å²) in [6, 6.07) is 2.12. The SMILES string of the molecule is CC(C)=N/N=C(\C)O[Si]1(Cl)OC(C)=NN1C(C)(C)C#N. The first kappa shape index (κ1) is 16.5. The van der Waals surface area contributed by atoms with Crippen LogP contribution in [0.4, 0.5) is 0 Å². The van der Waals surface area contributed by atoms with E-state index in [0.29, 0.717) is 5.90 Å². The molecule has 1 aliphatic rings. The average molecular weight is 316 g/mol. The van der Waals surface area contributed by atoms with Gasteiger partial charge >= 0.3 is 8.03 Å². The third-order valence-electron chi connectivity index (χ3n) is 2.23. The predicted octanol–water partition coefficient (Wildman–Crippen LogP) is 2.46. The van der Waals surface area contributed by atoms with Gasteiger partial charge in [0, 0.05) is 19.6 Å². The topological polar surface area (TPSA) is 82.6 Å². The van der Waals surface area contributed by atoms with Crippen LogP contribution in [-0.4, -0.2) is 35.8 Å². The largest absolute Gasteiger partial charge is 0.722 e. The van der Waals surface area contributed by atoms with E-state index in [1.165, 1.54) is 4.67 Å². The van der Waals surface area contributed by atoms with Gasteiger partial charge in [0.25, 0.3) is 0 Å². The molecule has 0 radical (unpaired) electrons. The summed E-state index contributed by atoms with van der Waals surface area (Å²) in [5.41, 5.74) is -0.164. The molecule has 0 aromatic heterocycles. The van der Waals surface area contributed by atoms with E-state index < -0.39 is 13.6 Å². The summed E-state index contributed by atoms with van der Waals surface area (Å²) in [5, 5.41) is 21.2. The predicted molar refractivity (Wildman–Crippen MR) is 80.3 cm³/mol. The van der Waals surface area contributed by atoms with Crippen molar-refractivity contribution in [2.75, 3.05) is 0 Å². The van der Waals surface area contributed by atoms with Gasteiger partial charge in [0.05, 0.1) is 6.07 Å². The molecule has 1 unspecified atom stereocenters. The van der Waals surface area contributed by atoms with Crippen LogP contribution in [0.5, 0.6) is 0 Å². The lowest BCUT2D eigenvalue weighted by Gasteiger charge is -2.32. The number of halogens is 1. The molecule has 0 N–H and O–H groups in total. The standard InChI is InChI=1S/C11H18ClN5O2Si/c1-8(2)14-15-9(3)18-20(12)17(11(5,6)7-13)16-10(4)19-20/h1-6H3/b15-9+. The van der Waals surface area contributed by atoms with E-state index in [2.05, 4.69) is 21.4 Å². The van der Waals surface area contributed by atoms with E-state index in [1.54, 1.807) is 27.7 Å². The molecule has 0 saturated heterocycles.